The number of ether oxygens (including phenoxy) is 1. The van der Waals surface area contributed by atoms with Gasteiger partial charge in [0.15, 0.2) is 5.96 Å². The van der Waals surface area contributed by atoms with Crippen LogP contribution in [0.1, 0.15) is 32.6 Å². The topological polar surface area (TPSA) is 58.5 Å². The van der Waals surface area contributed by atoms with Crippen LogP contribution in [0, 0.1) is 5.41 Å². The Morgan fingerprint density at radius 3 is 2.86 bits per heavy atom. The van der Waals surface area contributed by atoms with Gasteiger partial charge in [-0.15, -0.1) is 0 Å². The van der Waals surface area contributed by atoms with Crippen molar-refractivity contribution in [3.8, 4) is 5.75 Å². The van der Waals surface area contributed by atoms with Crippen LogP contribution < -0.4 is 15.4 Å². The smallest absolute Gasteiger partial charge is 0.191 e. The Morgan fingerprint density at radius 1 is 1.43 bits per heavy atom. The molecule has 116 valence electrons. The molecule has 0 aromatic carbocycles. The first-order chi connectivity index (χ1) is 10.3. The predicted octanol–water partition coefficient (Wildman–Crippen LogP) is 2.21. The third-order valence-electron chi connectivity index (χ3n) is 4.32. The molecule has 0 radical (unpaired) electrons. The summed E-state index contributed by atoms with van der Waals surface area (Å²) < 4.78 is 5.59. The molecule has 21 heavy (non-hydrogen) atoms. The van der Waals surface area contributed by atoms with Crippen molar-refractivity contribution in [1.29, 1.82) is 0 Å². The zero-order chi connectivity index (χ0) is 15.0. The van der Waals surface area contributed by atoms with Crippen LogP contribution in [-0.2, 0) is 0 Å². The number of nitrogens with zero attached hydrogens (tertiary/aromatic N) is 2. The molecule has 0 spiro atoms. The van der Waals surface area contributed by atoms with Crippen LogP contribution in [0.3, 0.4) is 0 Å². The number of aromatic nitrogens is 1. The average molecular weight is 290 g/mol. The van der Waals surface area contributed by atoms with Gasteiger partial charge in [-0.2, -0.15) is 0 Å². The van der Waals surface area contributed by atoms with Gasteiger partial charge in [-0.3, -0.25) is 9.98 Å². The summed E-state index contributed by atoms with van der Waals surface area (Å²) in [5.74, 6) is 1.64. The molecule has 2 N–H and O–H groups in total. The van der Waals surface area contributed by atoms with Crippen LogP contribution in [0.2, 0.25) is 0 Å². The molecule has 1 aromatic heterocycles. The second kappa shape index (κ2) is 7.86. The van der Waals surface area contributed by atoms with Crippen molar-refractivity contribution in [2.45, 2.75) is 32.6 Å². The van der Waals surface area contributed by atoms with Crippen LogP contribution in [0.4, 0.5) is 0 Å². The van der Waals surface area contributed by atoms with Gasteiger partial charge in [0.05, 0.1) is 12.7 Å². The molecule has 0 amide bonds. The van der Waals surface area contributed by atoms with Gasteiger partial charge >= 0.3 is 0 Å². The fourth-order valence-corrected chi connectivity index (χ4v) is 2.59. The second-order valence-electron chi connectivity index (χ2n) is 5.60. The lowest BCUT2D eigenvalue weighted by atomic mass is 9.67. The Kier molecular flexibility index (Phi) is 5.84. The molecule has 5 heteroatoms. The summed E-state index contributed by atoms with van der Waals surface area (Å²) in [7, 11) is 1.80. The lowest BCUT2D eigenvalue weighted by Crippen LogP contribution is -2.46. The van der Waals surface area contributed by atoms with Crippen LogP contribution in [-0.4, -0.2) is 37.7 Å². The first-order valence-corrected chi connectivity index (χ1v) is 7.75. The largest absolute Gasteiger partial charge is 0.490 e. The van der Waals surface area contributed by atoms with E-state index in [9.17, 15) is 0 Å². The van der Waals surface area contributed by atoms with Crippen LogP contribution in [0.25, 0.3) is 0 Å². The summed E-state index contributed by atoms with van der Waals surface area (Å²) in [5, 5.41) is 6.71. The SMILES string of the molecule is CCC1(CNC(=NC)NCCOc2cccnc2)CCC1. The highest BCUT2D eigenvalue weighted by molar-refractivity contribution is 5.79. The van der Waals surface area contributed by atoms with Crippen molar-refractivity contribution in [3.05, 3.63) is 24.5 Å². The van der Waals surface area contributed by atoms with Crippen molar-refractivity contribution in [1.82, 2.24) is 15.6 Å². The maximum Gasteiger partial charge on any atom is 0.191 e. The summed E-state index contributed by atoms with van der Waals surface area (Å²) in [6.45, 7) is 4.59. The molecule has 1 aromatic rings. The molecule has 0 aliphatic heterocycles. The molecular formula is C16H26N4O. The van der Waals surface area contributed by atoms with E-state index < -0.39 is 0 Å². The molecule has 2 rings (SSSR count). The van der Waals surface area contributed by atoms with E-state index in [4.69, 9.17) is 4.74 Å². The van der Waals surface area contributed by atoms with Gasteiger partial charge in [-0.1, -0.05) is 13.3 Å². The highest BCUT2D eigenvalue weighted by atomic mass is 16.5. The van der Waals surface area contributed by atoms with E-state index in [0.29, 0.717) is 18.6 Å². The summed E-state index contributed by atoms with van der Waals surface area (Å²) in [6.07, 6.45) is 8.71. The van der Waals surface area contributed by atoms with Crippen LogP contribution in [0.15, 0.2) is 29.5 Å². The van der Waals surface area contributed by atoms with Gasteiger partial charge in [0.2, 0.25) is 0 Å². The first kappa shape index (κ1) is 15.6. The normalized spacial score (nSPS) is 17.0. The van der Waals surface area contributed by atoms with Gasteiger partial charge in [0.1, 0.15) is 12.4 Å². The highest BCUT2D eigenvalue weighted by Gasteiger charge is 2.34. The minimum Gasteiger partial charge on any atom is -0.490 e. The zero-order valence-electron chi connectivity index (χ0n) is 13.1. The van der Waals surface area contributed by atoms with Gasteiger partial charge < -0.3 is 15.4 Å². The fraction of sp³-hybridized carbons (Fsp3) is 0.625. The molecule has 0 saturated heterocycles. The van der Waals surface area contributed by atoms with E-state index >= 15 is 0 Å². The number of guanidine groups is 1. The summed E-state index contributed by atoms with van der Waals surface area (Å²) in [5.41, 5.74) is 0.490. The number of nitrogens with one attached hydrogen (secondary N) is 2. The Bertz CT molecular complexity index is 437. The molecule has 1 aliphatic rings. The Morgan fingerprint density at radius 2 is 2.29 bits per heavy atom. The van der Waals surface area contributed by atoms with E-state index in [1.165, 1.54) is 25.7 Å². The number of hydrogen-bond acceptors (Lipinski definition) is 3. The number of hydrogen-bond donors (Lipinski definition) is 2. The predicted molar refractivity (Wildman–Crippen MR) is 85.7 cm³/mol. The first-order valence-electron chi connectivity index (χ1n) is 7.75. The Balaban J connectivity index is 1.64. The lowest BCUT2D eigenvalue weighted by Gasteiger charge is -2.41. The van der Waals surface area contributed by atoms with Crippen molar-refractivity contribution in [3.63, 3.8) is 0 Å². The number of aliphatic imine (C=N–C) groups is 1. The average Bonchev–Trinajstić information content (AvgIpc) is 2.49. The molecule has 5 nitrogen and oxygen atoms in total. The summed E-state index contributed by atoms with van der Waals surface area (Å²) >= 11 is 0. The van der Waals surface area contributed by atoms with Crippen molar-refractivity contribution < 1.29 is 4.74 Å². The van der Waals surface area contributed by atoms with E-state index in [1.807, 2.05) is 12.1 Å². The monoisotopic (exact) mass is 290 g/mol. The summed E-state index contributed by atoms with van der Waals surface area (Å²) in [4.78, 5) is 8.27. The zero-order valence-corrected chi connectivity index (χ0v) is 13.1. The number of pyridine rings is 1. The fourth-order valence-electron chi connectivity index (χ4n) is 2.59. The standard InChI is InChI=1S/C16H26N4O/c1-3-16(7-5-8-16)13-20-15(17-2)19-10-11-21-14-6-4-9-18-12-14/h4,6,9,12H,3,5,7-8,10-11,13H2,1-2H3,(H2,17,19,20). The lowest BCUT2D eigenvalue weighted by molar-refractivity contribution is 0.131. The Labute approximate surface area is 127 Å². The molecule has 0 bridgehead atoms. The minimum atomic E-state index is 0.490. The van der Waals surface area contributed by atoms with E-state index in [0.717, 1.165) is 18.3 Å². The maximum absolute atomic E-state index is 5.59. The van der Waals surface area contributed by atoms with E-state index in [1.54, 1.807) is 19.4 Å². The minimum absolute atomic E-state index is 0.490. The molecule has 1 heterocycles. The van der Waals surface area contributed by atoms with Gasteiger partial charge in [-0.05, 0) is 36.8 Å². The van der Waals surface area contributed by atoms with Crippen molar-refractivity contribution in [2.75, 3.05) is 26.7 Å². The molecular weight excluding hydrogens is 264 g/mol. The van der Waals surface area contributed by atoms with Crippen molar-refractivity contribution in [2.24, 2.45) is 10.4 Å². The van der Waals surface area contributed by atoms with Crippen LogP contribution >= 0.6 is 0 Å². The quantitative estimate of drug-likeness (QED) is 0.459. The Hall–Kier alpha value is -1.78. The third-order valence-corrected chi connectivity index (χ3v) is 4.32. The van der Waals surface area contributed by atoms with E-state index in [-0.39, 0.29) is 0 Å². The molecule has 0 unspecified atom stereocenters. The second-order valence-corrected chi connectivity index (χ2v) is 5.60. The van der Waals surface area contributed by atoms with Gasteiger partial charge in [-0.25, -0.2) is 0 Å². The van der Waals surface area contributed by atoms with Gasteiger partial charge in [0, 0.05) is 19.8 Å². The highest BCUT2D eigenvalue weighted by Crippen LogP contribution is 2.42. The molecule has 0 atom stereocenters. The molecule has 1 aliphatic carbocycles. The van der Waals surface area contributed by atoms with Crippen LogP contribution in [0.5, 0.6) is 5.75 Å². The molecule has 1 fully saturated rings. The van der Waals surface area contributed by atoms with Crippen molar-refractivity contribution >= 4 is 5.96 Å². The van der Waals surface area contributed by atoms with Gasteiger partial charge in [0.25, 0.3) is 0 Å². The third kappa shape index (κ3) is 4.62. The molecule has 1 saturated carbocycles. The summed E-state index contributed by atoms with van der Waals surface area (Å²) in [6, 6.07) is 3.77. The van der Waals surface area contributed by atoms with E-state index in [2.05, 4.69) is 27.5 Å². The number of rotatable bonds is 7. The maximum atomic E-state index is 5.59.